The molecule has 0 bridgehead atoms. The number of hydrogen-bond donors (Lipinski definition) is 2. The van der Waals surface area contributed by atoms with Gasteiger partial charge in [-0.3, -0.25) is 0 Å². The first-order valence-electron chi connectivity index (χ1n) is 6.04. The summed E-state index contributed by atoms with van der Waals surface area (Å²) in [5.41, 5.74) is -0.331. The summed E-state index contributed by atoms with van der Waals surface area (Å²) in [7, 11) is 0. The molecule has 1 aliphatic rings. The zero-order chi connectivity index (χ0) is 14.0. The summed E-state index contributed by atoms with van der Waals surface area (Å²) in [5, 5.41) is 25.8. The molecule has 0 aromatic carbocycles. The van der Waals surface area contributed by atoms with Crippen LogP contribution in [0.15, 0.2) is 0 Å². The maximum Gasteiger partial charge on any atom is 1.00 e. The van der Waals surface area contributed by atoms with Crippen LogP contribution in [0.4, 0.5) is 9.59 Å². The average Bonchev–Trinajstić information content (AvgIpc) is 2.10. The SMILES string of the molecule is CC1(C)CC(NC(=O)[O-])CC(C)(CNC(=O)[O-])C1.[Rb+].[Rb+]. The van der Waals surface area contributed by atoms with Gasteiger partial charge in [0.05, 0.1) is 0 Å². The molecule has 6 nitrogen and oxygen atoms in total. The summed E-state index contributed by atoms with van der Waals surface area (Å²) in [6.07, 6.45) is -0.449. The Hall–Kier alpha value is 2.15. The predicted octanol–water partition coefficient (Wildman–Crippen LogP) is -6.55. The quantitative estimate of drug-likeness (QED) is 0.468. The van der Waals surface area contributed by atoms with Gasteiger partial charge < -0.3 is 30.4 Å². The zero-order valence-electron chi connectivity index (χ0n) is 13.0. The molecule has 2 amide bonds. The smallest absolute Gasteiger partial charge is 0.530 e. The molecule has 1 aliphatic carbocycles. The molecular weight excluding hydrogens is 407 g/mol. The Morgan fingerprint density at radius 1 is 1.10 bits per heavy atom. The van der Waals surface area contributed by atoms with Crippen molar-refractivity contribution in [2.45, 2.75) is 46.1 Å². The molecule has 8 heteroatoms. The number of nitrogens with one attached hydrogen (secondary N) is 2. The molecule has 1 rings (SSSR count). The molecule has 20 heavy (non-hydrogen) atoms. The Morgan fingerprint density at radius 3 is 2.10 bits per heavy atom. The van der Waals surface area contributed by atoms with Crippen LogP contribution in [-0.2, 0) is 0 Å². The van der Waals surface area contributed by atoms with Crippen LogP contribution in [-0.4, -0.2) is 24.8 Å². The van der Waals surface area contributed by atoms with E-state index in [4.69, 9.17) is 0 Å². The molecule has 104 valence electrons. The maximum atomic E-state index is 10.6. The van der Waals surface area contributed by atoms with Crippen molar-refractivity contribution in [3.8, 4) is 0 Å². The minimum atomic E-state index is -1.30. The first-order chi connectivity index (χ1) is 8.12. The third-order valence-corrected chi connectivity index (χ3v) is 3.42. The number of carbonyl (C=O) groups excluding carboxylic acids is 2. The van der Waals surface area contributed by atoms with E-state index >= 15 is 0 Å². The number of amides is 2. The second kappa shape index (κ2) is 10.1. The van der Waals surface area contributed by atoms with E-state index in [2.05, 4.69) is 10.6 Å². The molecule has 1 fully saturated rings. The standard InChI is InChI=1S/C12H22N2O4.2Rb/c1-11(2)4-8(14-10(17)18)5-12(3,6-11)7-13-9(15)16;;/h8,13-14H,4-7H2,1-3H3,(H,15,16)(H,17,18);;/q;2*+1/p-2. The van der Waals surface area contributed by atoms with Crippen LogP contribution >= 0.6 is 0 Å². The third-order valence-electron chi connectivity index (χ3n) is 3.42. The molecule has 0 heterocycles. The maximum absolute atomic E-state index is 10.6. The summed E-state index contributed by atoms with van der Waals surface area (Å²) in [4.78, 5) is 21.1. The molecule has 0 spiro atoms. The van der Waals surface area contributed by atoms with Gasteiger partial charge in [-0.05, 0) is 30.1 Å². The van der Waals surface area contributed by atoms with Gasteiger partial charge in [0.25, 0.3) is 0 Å². The van der Waals surface area contributed by atoms with Gasteiger partial charge in [-0.2, -0.15) is 0 Å². The summed E-state index contributed by atoms with van der Waals surface area (Å²) in [6, 6.07) is -0.202. The van der Waals surface area contributed by atoms with Crippen molar-refractivity contribution in [1.29, 1.82) is 0 Å². The first kappa shape index (κ1) is 24.4. The van der Waals surface area contributed by atoms with Crippen molar-refractivity contribution in [2.24, 2.45) is 10.8 Å². The van der Waals surface area contributed by atoms with Crippen molar-refractivity contribution < 1.29 is 136 Å². The van der Waals surface area contributed by atoms with Gasteiger partial charge in [-0.25, -0.2) is 0 Å². The van der Waals surface area contributed by atoms with Gasteiger partial charge in [0.15, 0.2) is 0 Å². The molecule has 0 aliphatic heterocycles. The normalized spacial score (nSPS) is 27.4. The fraction of sp³-hybridized carbons (Fsp3) is 0.833. The van der Waals surface area contributed by atoms with E-state index < -0.39 is 12.2 Å². The van der Waals surface area contributed by atoms with E-state index in [1.165, 1.54) is 0 Å². The van der Waals surface area contributed by atoms with Gasteiger partial charge in [-0.1, -0.05) is 20.8 Å². The van der Waals surface area contributed by atoms with Gasteiger partial charge in [0.1, 0.15) is 12.2 Å². The van der Waals surface area contributed by atoms with Crippen LogP contribution < -0.4 is 137 Å². The Bertz CT molecular complexity index is 352. The van der Waals surface area contributed by atoms with Crippen LogP contribution in [0.3, 0.4) is 0 Å². The molecule has 0 saturated heterocycles. The predicted molar refractivity (Wildman–Crippen MR) is 61.5 cm³/mol. The molecule has 1 saturated carbocycles. The van der Waals surface area contributed by atoms with Crippen molar-refractivity contribution in [1.82, 2.24) is 10.6 Å². The fourth-order valence-corrected chi connectivity index (χ4v) is 3.32. The molecule has 2 atom stereocenters. The second-order valence-corrected chi connectivity index (χ2v) is 6.33. The number of carbonyl (C=O) groups is 2. The number of rotatable bonds is 3. The topological polar surface area (TPSA) is 104 Å². The molecule has 0 aromatic rings. The Kier molecular flexibility index (Phi) is 12.3. The first-order valence-corrected chi connectivity index (χ1v) is 6.04. The van der Waals surface area contributed by atoms with E-state index in [1.54, 1.807) is 0 Å². The molecular formula is C12H20N2O4Rb2. The van der Waals surface area contributed by atoms with Crippen LogP contribution in [0, 0.1) is 10.8 Å². The van der Waals surface area contributed by atoms with E-state index in [0.29, 0.717) is 6.42 Å². The largest absolute Gasteiger partial charge is 1.00 e. The Labute approximate surface area is 217 Å². The van der Waals surface area contributed by atoms with Crippen molar-refractivity contribution >= 4 is 12.2 Å². The number of carboxylic acid groups (broad SMARTS) is 2. The second-order valence-electron chi connectivity index (χ2n) is 6.33. The van der Waals surface area contributed by atoms with Crippen LogP contribution in [0.25, 0.3) is 0 Å². The summed E-state index contributed by atoms with van der Waals surface area (Å²) in [5.74, 6) is 0. The minimum absolute atomic E-state index is 0. The van der Waals surface area contributed by atoms with E-state index in [0.717, 1.165) is 12.8 Å². The van der Waals surface area contributed by atoms with Crippen molar-refractivity contribution in [3.05, 3.63) is 0 Å². The van der Waals surface area contributed by atoms with Crippen LogP contribution in [0.1, 0.15) is 40.0 Å². The van der Waals surface area contributed by atoms with E-state index in [1.807, 2.05) is 20.8 Å². The summed E-state index contributed by atoms with van der Waals surface area (Å²) >= 11 is 0. The van der Waals surface area contributed by atoms with Gasteiger partial charge in [-0.15, -0.1) is 0 Å². The van der Waals surface area contributed by atoms with Gasteiger partial charge >= 0.3 is 116 Å². The third kappa shape index (κ3) is 9.33. The minimum Gasteiger partial charge on any atom is -0.530 e. The monoisotopic (exact) mass is 426 g/mol. The van der Waals surface area contributed by atoms with Crippen LogP contribution in [0.5, 0.6) is 0 Å². The van der Waals surface area contributed by atoms with Crippen molar-refractivity contribution in [3.63, 3.8) is 0 Å². The number of hydrogen-bond acceptors (Lipinski definition) is 4. The van der Waals surface area contributed by atoms with Gasteiger partial charge in [0, 0.05) is 12.6 Å². The van der Waals surface area contributed by atoms with E-state index in [-0.39, 0.29) is 140 Å². The van der Waals surface area contributed by atoms with Crippen LogP contribution in [0.2, 0.25) is 0 Å². The summed E-state index contributed by atoms with van der Waals surface area (Å²) in [6.45, 7) is 6.32. The average molecular weight is 427 g/mol. The Balaban J connectivity index is 0. The fourth-order valence-electron chi connectivity index (χ4n) is 3.32. The Morgan fingerprint density at radius 2 is 1.65 bits per heavy atom. The van der Waals surface area contributed by atoms with Crippen molar-refractivity contribution in [2.75, 3.05) is 6.54 Å². The molecule has 2 N–H and O–H groups in total. The molecule has 0 aromatic heterocycles. The van der Waals surface area contributed by atoms with Gasteiger partial charge in [0.2, 0.25) is 0 Å². The molecule has 2 unspecified atom stereocenters. The summed E-state index contributed by atoms with van der Waals surface area (Å²) < 4.78 is 0. The molecule has 0 radical (unpaired) electrons. The zero-order valence-corrected chi connectivity index (χ0v) is 22.9. The van der Waals surface area contributed by atoms with E-state index in [9.17, 15) is 19.8 Å².